The Kier molecular flexibility index (Phi) is 3.83. The lowest BCUT2D eigenvalue weighted by molar-refractivity contribution is -0.137. The van der Waals surface area contributed by atoms with Gasteiger partial charge in [0, 0.05) is 30.7 Å². The van der Waals surface area contributed by atoms with Gasteiger partial charge in [-0.05, 0) is 30.7 Å². The number of aryl methyl sites for hydroxylation is 1. The van der Waals surface area contributed by atoms with Crippen LogP contribution in [-0.4, -0.2) is 12.0 Å². The molecule has 106 valence electrons. The van der Waals surface area contributed by atoms with Crippen LogP contribution in [0.1, 0.15) is 11.1 Å². The number of hydrogen-bond donors (Lipinski definition) is 2. The molecule has 0 unspecified atom stereocenters. The molecule has 20 heavy (non-hydrogen) atoms. The molecule has 0 fully saturated rings. The summed E-state index contributed by atoms with van der Waals surface area (Å²) in [6, 6.07) is 7.05. The molecule has 0 saturated heterocycles. The molecule has 0 aliphatic heterocycles. The van der Waals surface area contributed by atoms with E-state index in [2.05, 4.69) is 15.6 Å². The summed E-state index contributed by atoms with van der Waals surface area (Å²) in [5.74, 6) is 0.639. The number of pyridine rings is 1. The lowest BCUT2D eigenvalue weighted by Crippen LogP contribution is -2.06. The third kappa shape index (κ3) is 3.20. The lowest BCUT2D eigenvalue weighted by Gasteiger charge is -2.13. The van der Waals surface area contributed by atoms with Crippen molar-refractivity contribution in [2.75, 3.05) is 17.7 Å². The van der Waals surface area contributed by atoms with E-state index in [0.29, 0.717) is 17.2 Å². The molecule has 3 nitrogen and oxygen atoms in total. The van der Waals surface area contributed by atoms with E-state index < -0.39 is 11.7 Å². The van der Waals surface area contributed by atoms with Crippen molar-refractivity contribution in [3.8, 4) is 0 Å². The minimum absolute atomic E-state index is 0.424. The van der Waals surface area contributed by atoms with E-state index in [4.69, 9.17) is 0 Å². The van der Waals surface area contributed by atoms with Crippen molar-refractivity contribution in [1.82, 2.24) is 4.98 Å². The summed E-state index contributed by atoms with van der Waals surface area (Å²) in [5, 5.41) is 5.85. The zero-order valence-corrected chi connectivity index (χ0v) is 11.0. The van der Waals surface area contributed by atoms with Gasteiger partial charge in [0.05, 0.1) is 5.56 Å². The third-order valence-electron chi connectivity index (χ3n) is 2.86. The Balaban J connectivity index is 2.32. The maximum absolute atomic E-state index is 12.7. The standard InChI is InChI=1S/C14H14F3N3/c1-9-3-4-10(14(15,16)17)7-12(9)20-11-5-6-19-13(8-11)18-2/h3-8H,1-2H3,(H2,18,19,20). The summed E-state index contributed by atoms with van der Waals surface area (Å²) in [7, 11) is 1.72. The smallest absolute Gasteiger partial charge is 0.373 e. The van der Waals surface area contributed by atoms with Crippen LogP contribution in [0.25, 0.3) is 0 Å². The van der Waals surface area contributed by atoms with Gasteiger partial charge in [0.15, 0.2) is 0 Å². The van der Waals surface area contributed by atoms with Crippen molar-refractivity contribution in [3.63, 3.8) is 0 Å². The Bertz CT molecular complexity index is 609. The van der Waals surface area contributed by atoms with Crippen molar-refractivity contribution >= 4 is 17.2 Å². The molecule has 6 heteroatoms. The van der Waals surface area contributed by atoms with Gasteiger partial charge >= 0.3 is 6.18 Å². The first-order chi connectivity index (χ1) is 9.40. The highest BCUT2D eigenvalue weighted by atomic mass is 19.4. The zero-order chi connectivity index (χ0) is 14.8. The average Bonchev–Trinajstić information content (AvgIpc) is 2.40. The Labute approximate surface area is 114 Å². The van der Waals surface area contributed by atoms with Crippen molar-refractivity contribution in [2.24, 2.45) is 0 Å². The van der Waals surface area contributed by atoms with E-state index in [9.17, 15) is 13.2 Å². The average molecular weight is 281 g/mol. The topological polar surface area (TPSA) is 37.0 Å². The molecule has 0 bridgehead atoms. The molecule has 2 rings (SSSR count). The fraction of sp³-hybridized carbons (Fsp3) is 0.214. The molecule has 0 amide bonds. The number of rotatable bonds is 3. The van der Waals surface area contributed by atoms with Crippen LogP contribution >= 0.6 is 0 Å². The van der Waals surface area contributed by atoms with Crippen LogP contribution in [-0.2, 0) is 6.18 Å². The lowest BCUT2D eigenvalue weighted by atomic mass is 10.1. The molecule has 1 heterocycles. The van der Waals surface area contributed by atoms with E-state index in [-0.39, 0.29) is 0 Å². The molecule has 2 N–H and O–H groups in total. The van der Waals surface area contributed by atoms with Crippen LogP contribution in [0.3, 0.4) is 0 Å². The first-order valence-corrected chi connectivity index (χ1v) is 5.99. The molecule has 0 saturated carbocycles. The van der Waals surface area contributed by atoms with E-state index in [1.54, 1.807) is 32.3 Å². The van der Waals surface area contributed by atoms with Crippen molar-refractivity contribution < 1.29 is 13.2 Å². The molecular weight excluding hydrogens is 267 g/mol. The number of hydrogen-bond acceptors (Lipinski definition) is 3. The molecule has 1 aromatic carbocycles. The van der Waals surface area contributed by atoms with Gasteiger partial charge in [-0.1, -0.05) is 6.07 Å². The summed E-state index contributed by atoms with van der Waals surface area (Å²) in [6.45, 7) is 1.75. The Morgan fingerprint density at radius 2 is 1.85 bits per heavy atom. The van der Waals surface area contributed by atoms with Gasteiger partial charge in [-0.2, -0.15) is 13.2 Å². The van der Waals surface area contributed by atoms with Crippen LogP contribution in [0.4, 0.5) is 30.4 Å². The van der Waals surface area contributed by atoms with Gasteiger partial charge in [0.25, 0.3) is 0 Å². The quantitative estimate of drug-likeness (QED) is 0.885. The van der Waals surface area contributed by atoms with Gasteiger partial charge in [-0.3, -0.25) is 0 Å². The molecule has 0 spiro atoms. The van der Waals surface area contributed by atoms with Gasteiger partial charge in [-0.15, -0.1) is 0 Å². The highest BCUT2D eigenvalue weighted by Gasteiger charge is 2.30. The fourth-order valence-corrected chi connectivity index (χ4v) is 1.73. The summed E-state index contributed by atoms with van der Waals surface area (Å²) >= 11 is 0. The van der Waals surface area contributed by atoms with Crippen LogP contribution in [0.15, 0.2) is 36.5 Å². The minimum Gasteiger partial charge on any atom is -0.373 e. The Hall–Kier alpha value is -2.24. The number of aromatic nitrogens is 1. The first kappa shape index (κ1) is 14.2. The van der Waals surface area contributed by atoms with Crippen molar-refractivity contribution in [2.45, 2.75) is 13.1 Å². The number of benzene rings is 1. The van der Waals surface area contributed by atoms with Gasteiger partial charge in [0.1, 0.15) is 5.82 Å². The monoisotopic (exact) mass is 281 g/mol. The van der Waals surface area contributed by atoms with Crippen LogP contribution in [0, 0.1) is 6.92 Å². The predicted octanol–water partition coefficient (Wildman–Crippen LogP) is 4.19. The van der Waals surface area contributed by atoms with Crippen molar-refractivity contribution in [1.29, 1.82) is 0 Å². The second-order valence-electron chi connectivity index (χ2n) is 4.33. The summed E-state index contributed by atoms with van der Waals surface area (Å²) < 4.78 is 38.1. The number of nitrogens with one attached hydrogen (secondary N) is 2. The van der Waals surface area contributed by atoms with Crippen molar-refractivity contribution in [3.05, 3.63) is 47.7 Å². The highest BCUT2D eigenvalue weighted by molar-refractivity contribution is 5.65. The zero-order valence-electron chi connectivity index (χ0n) is 11.0. The second-order valence-corrected chi connectivity index (χ2v) is 4.33. The van der Waals surface area contributed by atoms with Crippen LogP contribution < -0.4 is 10.6 Å². The maximum Gasteiger partial charge on any atom is 0.416 e. The summed E-state index contributed by atoms with van der Waals surface area (Å²) in [4.78, 5) is 4.05. The molecule has 0 aliphatic rings. The first-order valence-electron chi connectivity index (χ1n) is 5.99. The maximum atomic E-state index is 12.7. The molecule has 0 aliphatic carbocycles. The third-order valence-corrected chi connectivity index (χ3v) is 2.86. The van der Waals surface area contributed by atoms with Gasteiger partial charge in [-0.25, -0.2) is 4.98 Å². The number of anilines is 3. The van der Waals surface area contributed by atoms with E-state index in [0.717, 1.165) is 17.7 Å². The number of nitrogens with zero attached hydrogens (tertiary/aromatic N) is 1. The second kappa shape index (κ2) is 5.40. The van der Waals surface area contributed by atoms with E-state index in [1.165, 1.54) is 6.07 Å². The Morgan fingerprint density at radius 1 is 1.10 bits per heavy atom. The SMILES string of the molecule is CNc1cc(Nc2cc(C(F)(F)F)ccc2C)ccn1. The molecule has 0 radical (unpaired) electrons. The fourth-order valence-electron chi connectivity index (χ4n) is 1.73. The largest absolute Gasteiger partial charge is 0.416 e. The highest BCUT2D eigenvalue weighted by Crippen LogP contribution is 2.33. The van der Waals surface area contributed by atoms with Gasteiger partial charge in [0.2, 0.25) is 0 Å². The predicted molar refractivity (Wildman–Crippen MR) is 73.2 cm³/mol. The van der Waals surface area contributed by atoms with E-state index in [1.807, 2.05) is 0 Å². The Morgan fingerprint density at radius 3 is 2.50 bits per heavy atom. The summed E-state index contributed by atoms with van der Waals surface area (Å²) in [6.07, 6.45) is -2.77. The van der Waals surface area contributed by atoms with Gasteiger partial charge < -0.3 is 10.6 Å². The summed E-state index contributed by atoms with van der Waals surface area (Å²) in [5.41, 5.74) is 1.16. The van der Waals surface area contributed by atoms with E-state index >= 15 is 0 Å². The minimum atomic E-state index is -4.35. The molecule has 0 atom stereocenters. The molecular formula is C14H14F3N3. The molecule has 1 aromatic heterocycles. The number of halogens is 3. The van der Waals surface area contributed by atoms with Crippen LogP contribution in [0.5, 0.6) is 0 Å². The normalized spacial score (nSPS) is 11.2. The molecule has 2 aromatic rings. The van der Waals surface area contributed by atoms with Crippen LogP contribution in [0.2, 0.25) is 0 Å². The number of alkyl halides is 3.